The molecular formula is C23H18F4N2O6S3. The predicted molar refractivity (Wildman–Crippen MR) is 129 cm³/mol. The van der Waals surface area contributed by atoms with Crippen LogP contribution in [0.3, 0.4) is 0 Å². The molecule has 0 saturated carbocycles. The quantitative estimate of drug-likeness (QED) is 0.320. The average Bonchev–Trinajstić information content (AvgIpc) is 3.24. The molecule has 1 aromatic heterocycles. The van der Waals surface area contributed by atoms with Gasteiger partial charge in [0.25, 0.3) is 10.0 Å². The molecule has 0 bridgehead atoms. The van der Waals surface area contributed by atoms with Gasteiger partial charge in [0.1, 0.15) is 5.82 Å². The Labute approximate surface area is 215 Å². The maximum atomic E-state index is 13.8. The van der Waals surface area contributed by atoms with E-state index in [-0.39, 0.29) is 16.5 Å². The van der Waals surface area contributed by atoms with E-state index >= 15 is 0 Å². The van der Waals surface area contributed by atoms with Gasteiger partial charge in [0.05, 0.1) is 15.3 Å². The van der Waals surface area contributed by atoms with Crippen LogP contribution >= 0.6 is 0 Å². The normalized spacial score (nSPS) is 14.0. The van der Waals surface area contributed by atoms with Gasteiger partial charge in [-0.25, -0.2) is 38.3 Å². The van der Waals surface area contributed by atoms with Crippen molar-refractivity contribution in [2.24, 2.45) is 0 Å². The fourth-order valence-corrected chi connectivity index (χ4v) is 7.79. The molecule has 1 N–H and O–H groups in total. The maximum absolute atomic E-state index is 13.8. The van der Waals surface area contributed by atoms with E-state index in [0.717, 1.165) is 61.5 Å². The molecular weight excluding hydrogens is 572 g/mol. The third kappa shape index (κ3) is 4.93. The van der Waals surface area contributed by atoms with Crippen molar-refractivity contribution in [3.63, 3.8) is 0 Å². The standard InChI is InChI=1S/C23H18F4N2O6S3/c1-15(28-38(34,35)23(25,26)27)16-9-11-19(12-10-16)36(30,31)22-13-17-5-2-3-8-21(17)29(22)37(32,33)20-7-4-6-18(24)14-20/h2-15,28H,1H3/t15-/m0/s1. The highest BCUT2D eigenvalue weighted by molar-refractivity contribution is 7.93. The molecule has 0 aliphatic heterocycles. The Balaban J connectivity index is 1.81. The predicted octanol–water partition coefficient (Wildman–Crippen LogP) is 4.35. The lowest BCUT2D eigenvalue weighted by Crippen LogP contribution is -2.37. The Hall–Kier alpha value is -3.27. The van der Waals surface area contributed by atoms with Gasteiger partial charge in [-0.15, -0.1) is 0 Å². The van der Waals surface area contributed by atoms with Crippen molar-refractivity contribution in [1.82, 2.24) is 8.69 Å². The number of sulfonamides is 1. The zero-order valence-corrected chi connectivity index (χ0v) is 21.7. The number of hydrogen-bond donors (Lipinski definition) is 1. The summed E-state index contributed by atoms with van der Waals surface area (Å²) in [5.41, 5.74) is -5.50. The monoisotopic (exact) mass is 590 g/mol. The van der Waals surface area contributed by atoms with Gasteiger partial charge in [-0.3, -0.25) is 0 Å². The molecule has 0 radical (unpaired) electrons. The minimum atomic E-state index is -5.66. The van der Waals surface area contributed by atoms with Crippen molar-refractivity contribution in [1.29, 1.82) is 0 Å². The van der Waals surface area contributed by atoms with Crippen LogP contribution < -0.4 is 4.72 Å². The molecule has 4 aromatic rings. The molecule has 0 aliphatic carbocycles. The van der Waals surface area contributed by atoms with Gasteiger partial charge >= 0.3 is 15.5 Å². The van der Waals surface area contributed by atoms with Crippen molar-refractivity contribution < 1.29 is 42.8 Å². The summed E-state index contributed by atoms with van der Waals surface area (Å²) in [5, 5.41) is -0.389. The second-order valence-corrected chi connectivity index (χ2v) is 13.5. The second-order valence-electron chi connectivity index (χ2n) is 8.13. The molecule has 0 fully saturated rings. The molecule has 0 aliphatic rings. The van der Waals surface area contributed by atoms with Gasteiger partial charge in [-0.2, -0.15) is 13.2 Å². The highest BCUT2D eigenvalue weighted by Crippen LogP contribution is 2.33. The Bertz CT molecular complexity index is 1850. The molecule has 15 heteroatoms. The highest BCUT2D eigenvalue weighted by Gasteiger charge is 2.46. The lowest BCUT2D eigenvalue weighted by Gasteiger charge is -2.17. The lowest BCUT2D eigenvalue weighted by molar-refractivity contribution is -0.0450. The van der Waals surface area contributed by atoms with E-state index < -0.39 is 62.1 Å². The van der Waals surface area contributed by atoms with Gasteiger partial charge in [-0.05, 0) is 55.0 Å². The maximum Gasteiger partial charge on any atom is 0.511 e. The van der Waals surface area contributed by atoms with E-state index in [9.17, 15) is 42.8 Å². The van der Waals surface area contributed by atoms with Crippen LogP contribution in [0.1, 0.15) is 18.5 Å². The van der Waals surface area contributed by atoms with Crippen LogP contribution in [0, 0.1) is 5.82 Å². The van der Waals surface area contributed by atoms with Gasteiger partial charge in [0.15, 0.2) is 5.03 Å². The van der Waals surface area contributed by atoms with Gasteiger partial charge in [0, 0.05) is 11.4 Å². The summed E-state index contributed by atoms with van der Waals surface area (Å²) in [5.74, 6) is -0.849. The summed E-state index contributed by atoms with van der Waals surface area (Å²) in [6.07, 6.45) is 0. The zero-order chi connectivity index (χ0) is 28.1. The van der Waals surface area contributed by atoms with E-state index in [4.69, 9.17) is 0 Å². The number of hydrogen-bond acceptors (Lipinski definition) is 6. The first-order valence-corrected chi connectivity index (χ1v) is 15.0. The molecule has 1 atom stereocenters. The minimum Gasteiger partial charge on any atom is -0.222 e. The number of para-hydroxylation sites is 1. The lowest BCUT2D eigenvalue weighted by atomic mass is 10.1. The number of benzene rings is 3. The summed E-state index contributed by atoms with van der Waals surface area (Å²) < 4.78 is 131. The van der Waals surface area contributed by atoms with Crippen molar-refractivity contribution in [3.8, 4) is 0 Å². The van der Waals surface area contributed by atoms with Gasteiger partial charge in [-0.1, -0.05) is 36.4 Å². The second kappa shape index (κ2) is 9.48. The van der Waals surface area contributed by atoms with Crippen molar-refractivity contribution >= 4 is 40.8 Å². The smallest absolute Gasteiger partial charge is 0.222 e. The number of nitrogens with one attached hydrogen (secondary N) is 1. The highest BCUT2D eigenvalue weighted by atomic mass is 32.2. The Morgan fingerprint density at radius 3 is 2.03 bits per heavy atom. The molecule has 0 saturated heterocycles. The van der Waals surface area contributed by atoms with Crippen LogP contribution in [-0.2, 0) is 29.9 Å². The molecule has 4 rings (SSSR count). The number of halogens is 4. The van der Waals surface area contributed by atoms with Crippen LogP contribution in [0.15, 0.2) is 93.7 Å². The molecule has 0 spiro atoms. The minimum absolute atomic E-state index is 0.0159. The zero-order valence-electron chi connectivity index (χ0n) is 19.2. The fraction of sp³-hybridized carbons (Fsp3) is 0.130. The summed E-state index contributed by atoms with van der Waals surface area (Å²) in [6, 6.07) is 14.0. The first kappa shape index (κ1) is 27.8. The van der Waals surface area contributed by atoms with Crippen LogP contribution in [0.5, 0.6) is 0 Å². The summed E-state index contributed by atoms with van der Waals surface area (Å²) in [4.78, 5) is -0.901. The topological polar surface area (TPSA) is 119 Å². The van der Waals surface area contributed by atoms with Crippen molar-refractivity contribution in [2.75, 3.05) is 0 Å². The molecule has 1 heterocycles. The first-order chi connectivity index (χ1) is 17.6. The average molecular weight is 591 g/mol. The number of nitrogens with zero attached hydrogens (tertiary/aromatic N) is 1. The molecule has 0 unspecified atom stereocenters. The number of sulfone groups is 1. The molecule has 8 nitrogen and oxygen atoms in total. The molecule has 202 valence electrons. The van der Waals surface area contributed by atoms with Gasteiger partial charge in [0.2, 0.25) is 9.84 Å². The van der Waals surface area contributed by atoms with Crippen LogP contribution in [0.2, 0.25) is 0 Å². The third-order valence-corrected chi connectivity index (χ3v) is 10.4. The molecule has 38 heavy (non-hydrogen) atoms. The third-order valence-electron chi connectivity index (χ3n) is 5.57. The van der Waals surface area contributed by atoms with Crippen LogP contribution in [0.25, 0.3) is 10.9 Å². The van der Waals surface area contributed by atoms with E-state index in [0.29, 0.717) is 3.97 Å². The Morgan fingerprint density at radius 2 is 1.42 bits per heavy atom. The summed E-state index contributed by atoms with van der Waals surface area (Å²) >= 11 is 0. The van der Waals surface area contributed by atoms with E-state index in [1.807, 2.05) is 0 Å². The summed E-state index contributed by atoms with van der Waals surface area (Å²) in [7, 11) is -14.8. The van der Waals surface area contributed by atoms with Crippen molar-refractivity contribution in [2.45, 2.75) is 33.3 Å². The first-order valence-electron chi connectivity index (χ1n) is 10.6. The number of aromatic nitrogens is 1. The number of fused-ring (bicyclic) bond motifs is 1. The van der Waals surface area contributed by atoms with E-state index in [1.54, 1.807) is 6.07 Å². The van der Waals surface area contributed by atoms with Crippen LogP contribution in [0.4, 0.5) is 17.6 Å². The number of alkyl halides is 3. The number of rotatable bonds is 7. The summed E-state index contributed by atoms with van der Waals surface area (Å²) in [6.45, 7) is 1.14. The van der Waals surface area contributed by atoms with Crippen LogP contribution in [-0.4, -0.2) is 34.7 Å². The Kier molecular flexibility index (Phi) is 6.93. The van der Waals surface area contributed by atoms with E-state index in [1.165, 1.54) is 22.9 Å². The largest absolute Gasteiger partial charge is 0.511 e. The molecule has 3 aromatic carbocycles. The van der Waals surface area contributed by atoms with E-state index in [2.05, 4.69) is 0 Å². The molecule has 0 amide bonds. The van der Waals surface area contributed by atoms with Crippen molar-refractivity contribution in [3.05, 3.63) is 90.2 Å². The van der Waals surface area contributed by atoms with Gasteiger partial charge < -0.3 is 0 Å². The SMILES string of the molecule is C[C@H](NS(=O)(=O)C(F)(F)F)c1ccc(S(=O)(=O)c2cc3ccccc3n2S(=O)(=O)c2cccc(F)c2)cc1. The fourth-order valence-electron chi connectivity index (χ4n) is 3.70. The Morgan fingerprint density at radius 1 is 0.789 bits per heavy atom.